The van der Waals surface area contributed by atoms with Crippen molar-refractivity contribution < 1.29 is 0 Å². The zero-order valence-electron chi connectivity index (χ0n) is 9.82. The lowest BCUT2D eigenvalue weighted by molar-refractivity contribution is 0.681. The van der Waals surface area contributed by atoms with Crippen LogP contribution < -0.4 is 10.2 Å². The number of hydrogen-bond donors (Lipinski definition) is 1. The Hall–Kier alpha value is -1.16. The smallest absolute Gasteiger partial charge is 0.150 e. The molecule has 1 aromatic rings. The van der Waals surface area contributed by atoms with Crippen molar-refractivity contribution in [1.29, 1.82) is 0 Å². The van der Waals surface area contributed by atoms with Gasteiger partial charge in [0.15, 0.2) is 0 Å². The van der Waals surface area contributed by atoms with Gasteiger partial charge in [0.2, 0.25) is 0 Å². The van der Waals surface area contributed by atoms with E-state index in [9.17, 15) is 0 Å². The fourth-order valence-corrected chi connectivity index (χ4v) is 1.52. The highest BCUT2D eigenvalue weighted by Crippen LogP contribution is 2.12. The minimum Gasteiger partial charge on any atom is -0.354 e. The van der Waals surface area contributed by atoms with Gasteiger partial charge in [-0.1, -0.05) is 6.92 Å². The molecule has 0 saturated heterocycles. The van der Waals surface area contributed by atoms with Crippen LogP contribution in [0.4, 0.5) is 5.82 Å². The van der Waals surface area contributed by atoms with Crippen LogP contribution in [0.2, 0.25) is 0 Å². The minimum atomic E-state index is 0.963. The largest absolute Gasteiger partial charge is 0.354 e. The van der Waals surface area contributed by atoms with Crippen LogP contribution in [-0.4, -0.2) is 36.1 Å². The second kappa shape index (κ2) is 6.35. The summed E-state index contributed by atoms with van der Waals surface area (Å²) in [6.07, 6.45) is 3.48. The Morgan fingerprint density at radius 1 is 1.27 bits per heavy atom. The molecule has 0 amide bonds. The van der Waals surface area contributed by atoms with Gasteiger partial charge in [-0.25, -0.2) is 4.98 Å². The van der Waals surface area contributed by atoms with Crippen molar-refractivity contribution in [2.75, 3.05) is 31.1 Å². The Kier molecular flexibility index (Phi) is 5.04. The molecule has 1 rings (SSSR count). The molecular formula is C11H20N4. The molecule has 0 aliphatic rings. The van der Waals surface area contributed by atoms with Gasteiger partial charge in [0.1, 0.15) is 5.82 Å². The van der Waals surface area contributed by atoms with E-state index in [-0.39, 0.29) is 0 Å². The van der Waals surface area contributed by atoms with Gasteiger partial charge >= 0.3 is 0 Å². The number of nitrogens with zero attached hydrogens (tertiary/aromatic N) is 3. The first-order chi connectivity index (χ1) is 7.29. The number of aryl methyl sites for hydroxylation is 1. The van der Waals surface area contributed by atoms with Crippen molar-refractivity contribution in [1.82, 2.24) is 15.3 Å². The third-order valence-corrected chi connectivity index (χ3v) is 2.35. The van der Waals surface area contributed by atoms with E-state index in [2.05, 4.69) is 34.0 Å². The van der Waals surface area contributed by atoms with E-state index in [1.54, 1.807) is 12.4 Å². The molecule has 0 spiro atoms. The average molecular weight is 208 g/mol. The standard InChI is InChI=1S/C11H20N4/c1-4-12-8-9-15(5-2)11-10(3)13-6-7-14-11/h6-7,12H,4-5,8-9H2,1-3H3. The van der Waals surface area contributed by atoms with Crippen molar-refractivity contribution in [3.63, 3.8) is 0 Å². The first kappa shape index (κ1) is 11.9. The van der Waals surface area contributed by atoms with Crippen LogP contribution in [-0.2, 0) is 0 Å². The van der Waals surface area contributed by atoms with Gasteiger partial charge in [0.25, 0.3) is 0 Å². The number of hydrogen-bond acceptors (Lipinski definition) is 4. The highest BCUT2D eigenvalue weighted by Gasteiger charge is 2.08. The van der Waals surface area contributed by atoms with Crippen LogP contribution in [0, 0.1) is 6.92 Å². The van der Waals surface area contributed by atoms with Gasteiger partial charge in [0.05, 0.1) is 5.69 Å². The third-order valence-electron chi connectivity index (χ3n) is 2.35. The second-order valence-electron chi connectivity index (χ2n) is 3.40. The molecule has 0 atom stereocenters. The molecule has 0 fully saturated rings. The molecule has 0 aromatic carbocycles. The maximum Gasteiger partial charge on any atom is 0.150 e. The van der Waals surface area contributed by atoms with Gasteiger partial charge < -0.3 is 10.2 Å². The van der Waals surface area contributed by atoms with Crippen LogP contribution in [0.25, 0.3) is 0 Å². The lowest BCUT2D eigenvalue weighted by atomic mass is 10.3. The Labute approximate surface area is 91.7 Å². The molecule has 15 heavy (non-hydrogen) atoms. The van der Waals surface area contributed by atoms with Crippen LogP contribution in [0.5, 0.6) is 0 Å². The number of rotatable bonds is 6. The summed E-state index contributed by atoms with van der Waals surface area (Å²) in [5.41, 5.74) is 0.996. The lowest BCUT2D eigenvalue weighted by Gasteiger charge is -2.22. The first-order valence-corrected chi connectivity index (χ1v) is 5.52. The summed E-state index contributed by atoms with van der Waals surface area (Å²) in [4.78, 5) is 10.9. The Balaban J connectivity index is 2.61. The van der Waals surface area contributed by atoms with E-state index in [1.807, 2.05) is 6.92 Å². The number of likely N-dealkylation sites (N-methyl/N-ethyl adjacent to an activating group) is 2. The Morgan fingerprint density at radius 3 is 2.60 bits per heavy atom. The normalized spacial score (nSPS) is 10.3. The fourth-order valence-electron chi connectivity index (χ4n) is 1.52. The molecule has 0 aliphatic heterocycles. The molecule has 4 nitrogen and oxygen atoms in total. The predicted octanol–water partition coefficient (Wildman–Crippen LogP) is 1.22. The van der Waals surface area contributed by atoms with Crippen LogP contribution in [0.3, 0.4) is 0 Å². The van der Waals surface area contributed by atoms with Gasteiger partial charge in [-0.15, -0.1) is 0 Å². The summed E-state index contributed by atoms with van der Waals surface area (Å²) in [5, 5.41) is 3.31. The molecule has 1 aromatic heterocycles. The van der Waals surface area contributed by atoms with Crippen molar-refractivity contribution in [3.8, 4) is 0 Å². The number of aromatic nitrogens is 2. The molecule has 84 valence electrons. The van der Waals surface area contributed by atoms with E-state index >= 15 is 0 Å². The predicted molar refractivity (Wildman–Crippen MR) is 63.2 cm³/mol. The molecule has 0 unspecified atom stereocenters. The van der Waals surface area contributed by atoms with E-state index < -0.39 is 0 Å². The van der Waals surface area contributed by atoms with Crippen molar-refractivity contribution in [2.45, 2.75) is 20.8 Å². The zero-order chi connectivity index (χ0) is 11.1. The van der Waals surface area contributed by atoms with E-state index in [0.29, 0.717) is 0 Å². The summed E-state index contributed by atoms with van der Waals surface area (Å²) in [7, 11) is 0. The van der Waals surface area contributed by atoms with Gasteiger partial charge in [-0.05, 0) is 20.4 Å². The Bertz CT molecular complexity index is 288. The lowest BCUT2D eigenvalue weighted by Crippen LogP contribution is -2.33. The molecular weight excluding hydrogens is 188 g/mol. The van der Waals surface area contributed by atoms with Crippen molar-refractivity contribution in [2.24, 2.45) is 0 Å². The summed E-state index contributed by atoms with van der Waals surface area (Å²) in [6.45, 7) is 10.2. The Morgan fingerprint density at radius 2 is 2.00 bits per heavy atom. The first-order valence-electron chi connectivity index (χ1n) is 5.52. The van der Waals surface area contributed by atoms with Crippen LogP contribution in [0.1, 0.15) is 19.5 Å². The van der Waals surface area contributed by atoms with Gasteiger partial charge in [-0.3, -0.25) is 4.98 Å². The van der Waals surface area contributed by atoms with Crippen molar-refractivity contribution >= 4 is 5.82 Å². The minimum absolute atomic E-state index is 0.963. The van der Waals surface area contributed by atoms with Crippen molar-refractivity contribution in [3.05, 3.63) is 18.1 Å². The molecule has 0 bridgehead atoms. The summed E-state index contributed by atoms with van der Waals surface area (Å²) in [5.74, 6) is 0.998. The average Bonchev–Trinajstić information content (AvgIpc) is 2.26. The SMILES string of the molecule is CCNCCN(CC)c1nccnc1C. The summed E-state index contributed by atoms with van der Waals surface area (Å²) < 4.78 is 0. The van der Waals surface area contributed by atoms with E-state index in [0.717, 1.165) is 37.7 Å². The molecule has 0 saturated carbocycles. The zero-order valence-corrected chi connectivity index (χ0v) is 9.82. The fraction of sp³-hybridized carbons (Fsp3) is 0.636. The highest BCUT2D eigenvalue weighted by molar-refractivity contribution is 5.41. The van der Waals surface area contributed by atoms with Crippen LogP contribution >= 0.6 is 0 Å². The van der Waals surface area contributed by atoms with Crippen LogP contribution in [0.15, 0.2) is 12.4 Å². The van der Waals surface area contributed by atoms with Gasteiger partial charge in [-0.2, -0.15) is 0 Å². The monoisotopic (exact) mass is 208 g/mol. The summed E-state index contributed by atoms with van der Waals surface area (Å²) in [6, 6.07) is 0. The molecule has 1 heterocycles. The third kappa shape index (κ3) is 3.47. The highest BCUT2D eigenvalue weighted by atomic mass is 15.2. The molecule has 0 aliphatic carbocycles. The quantitative estimate of drug-likeness (QED) is 0.714. The summed E-state index contributed by atoms with van der Waals surface area (Å²) >= 11 is 0. The van der Waals surface area contributed by atoms with E-state index in [1.165, 1.54) is 0 Å². The van der Waals surface area contributed by atoms with E-state index in [4.69, 9.17) is 0 Å². The second-order valence-corrected chi connectivity index (χ2v) is 3.40. The maximum absolute atomic E-state index is 4.36. The number of nitrogens with one attached hydrogen (secondary N) is 1. The molecule has 0 radical (unpaired) electrons. The maximum atomic E-state index is 4.36. The molecule has 4 heteroatoms. The number of anilines is 1. The van der Waals surface area contributed by atoms with Gasteiger partial charge in [0, 0.05) is 32.0 Å². The molecule has 1 N–H and O–H groups in total. The topological polar surface area (TPSA) is 41.0 Å².